The lowest BCUT2D eigenvalue weighted by Crippen LogP contribution is -1.87. The van der Waals surface area contributed by atoms with E-state index in [1.165, 1.54) is 6.07 Å². The van der Waals surface area contributed by atoms with Crippen LogP contribution in [-0.4, -0.2) is 0 Å². The van der Waals surface area contributed by atoms with Crippen molar-refractivity contribution in [3.05, 3.63) is 31.8 Å². The molecule has 1 rings (SSSR count). The van der Waals surface area contributed by atoms with Gasteiger partial charge in [0.1, 0.15) is 0 Å². The minimum Gasteiger partial charge on any atom is -0.205 e. The topological polar surface area (TPSA) is 0 Å². The van der Waals surface area contributed by atoms with Crippen LogP contribution < -0.4 is 0 Å². The second kappa shape index (κ2) is 3.80. The lowest BCUT2D eigenvalue weighted by Gasteiger charge is -2.03. The third kappa shape index (κ3) is 2.11. The maximum atomic E-state index is 12.2. The van der Waals surface area contributed by atoms with E-state index in [0.29, 0.717) is 4.47 Å². The highest BCUT2D eigenvalue weighted by Gasteiger charge is 2.12. The molecule has 0 N–H and O–H groups in total. The largest absolute Gasteiger partial charge is 0.264 e. The number of halogens is 4. The van der Waals surface area contributed by atoms with Gasteiger partial charge in [-0.2, -0.15) is 0 Å². The van der Waals surface area contributed by atoms with Gasteiger partial charge in [0.15, 0.2) is 0 Å². The van der Waals surface area contributed by atoms with Crippen LogP contribution >= 0.6 is 38.5 Å². The van der Waals surface area contributed by atoms with Crippen molar-refractivity contribution in [2.75, 3.05) is 0 Å². The normalized spacial score (nSPS) is 10.6. The van der Waals surface area contributed by atoms with Crippen molar-refractivity contribution in [3.8, 4) is 0 Å². The first-order chi connectivity index (χ1) is 5.13. The van der Waals surface area contributed by atoms with E-state index in [0.717, 1.165) is 3.57 Å². The molecule has 0 aliphatic heterocycles. The number of benzene rings is 1. The first-order valence-electron chi connectivity index (χ1n) is 2.85. The smallest absolute Gasteiger partial charge is 0.205 e. The Hall–Kier alpha value is 0.290. The van der Waals surface area contributed by atoms with Crippen LogP contribution in [-0.2, 0) is 0 Å². The van der Waals surface area contributed by atoms with Crippen LogP contribution in [0.3, 0.4) is 0 Å². The van der Waals surface area contributed by atoms with E-state index in [4.69, 9.17) is 0 Å². The minimum absolute atomic E-state index is 0.0527. The molecule has 0 saturated carbocycles. The summed E-state index contributed by atoms with van der Waals surface area (Å²) in [6.45, 7) is 0. The van der Waals surface area contributed by atoms with Gasteiger partial charge >= 0.3 is 0 Å². The lowest BCUT2D eigenvalue weighted by atomic mass is 10.2. The van der Waals surface area contributed by atoms with E-state index >= 15 is 0 Å². The van der Waals surface area contributed by atoms with Crippen LogP contribution in [0, 0.1) is 3.57 Å². The minimum atomic E-state index is -2.40. The quantitative estimate of drug-likeness (QED) is 0.682. The second-order valence-corrected chi connectivity index (χ2v) is 3.90. The van der Waals surface area contributed by atoms with E-state index in [1.54, 1.807) is 12.1 Å². The van der Waals surface area contributed by atoms with Crippen LogP contribution in [0.25, 0.3) is 0 Å². The van der Waals surface area contributed by atoms with Crippen LogP contribution in [0.1, 0.15) is 12.0 Å². The summed E-state index contributed by atoms with van der Waals surface area (Å²) < 4.78 is 25.7. The zero-order valence-electron chi connectivity index (χ0n) is 5.32. The van der Waals surface area contributed by atoms with Gasteiger partial charge in [-0.15, -0.1) is 0 Å². The predicted octanol–water partition coefficient (Wildman–Crippen LogP) is 3.99. The molecule has 1 aromatic rings. The summed E-state index contributed by atoms with van der Waals surface area (Å²) >= 11 is 5.10. The third-order valence-electron chi connectivity index (χ3n) is 1.22. The van der Waals surface area contributed by atoms with Gasteiger partial charge in [-0.05, 0) is 44.6 Å². The average molecular weight is 333 g/mol. The predicted molar refractivity (Wildman–Crippen MR) is 51.8 cm³/mol. The molecule has 0 saturated heterocycles. The molecule has 0 radical (unpaired) electrons. The number of rotatable bonds is 1. The summed E-state index contributed by atoms with van der Waals surface area (Å²) in [6.07, 6.45) is -2.40. The Labute approximate surface area is 85.3 Å². The molecule has 11 heavy (non-hydrogen) atoms. The van der Waals surface area contributed by atoms with Crippen molar-refractivity contribution in [2.45, 2.75) is 6.43 Å². The first kappa shape index (κ1) is 9.38. The maximum Gasteiger partial charge on any atom is 0.264 e. The van der Waals surface area contributed by atoms with Crippen molar-refractivity contribution in [2.24, 2.45) is 0 Å². The summed E-state index contributed by atoms with van der Waals surface area (Å²) in [5.74, 6) is 0. The van der Waals surface area contributed by atoms with Crippen LogP contribution in [0.15, 0.2) is 22.7 Å². The van der Waals surface area contributed by atoms with Crippen LogP contribution in [0.4, 0.5) is 8.78 Å². The molecule has 0 nitrogen and oxygen atoms in total. The fourth-order valence-corrected chi connectivity index (χ4v) is 1.65. The highest BCUT2D eigenvalue weighted by Crippen LogP contribution is 2.30. The molecule has 0 unspecified atom stereocenters. The van der Waals surface area contributed by atoms with Gasteiger partial charge in [0.05, 0.1) is 0 Å². The average Bonchev–Trinajstić information content (AvgIpc) is 1.94. The van der Waals surface area contributed by atoms with Gasteiger partial charge in [-0.25, -0.2) is 8.78 Å². The molecule has 4 heteroatoms. The Balaban J connectivity index is 3.17. The fraction of sp³-hybridized carbons (Fsp3) is 0.143. The van der Waals surface area contributed by atoms with E-state index in [2.05, 4.69) is 15.9 Å². The van der Waals surface area contributed by atoms with Crippen molar-refractivity contribution in [1.82, 2.24) is 0 Å². The summed E-state index contributed by atoms with van der Waals surface area (Å²) in [4.78, 5) is 0. The Bertz CT molecular complexity index is 263. The van der Waals surface area contributed by atoms with E-state index in [9.17, 15) is 8.78 Å². The van der Waals surface area contributed by atoms with Crippen molar-refractivity contribution in [3.63, 3.8) is 0 Å². The van der Waals surface area contributed by atoms with Crippen molar-refractivity contribution in [1.29, 1.82) is 0 Å². The maximum absolute atomic E-state index is 12.2. The van der Waals surface area contributed by atoms with Crippen molar-refractivity contribution < 1.29 is 8.78 Å². The van der Waals surface area contributed by atoms with Crippen molar-refractivity contribution >= 4 is 38.5 Å². The molecule has 1 aromatic carbocycles. The Morgan fingerprint density at radius 3 is 2.45 bits per heavy atom. The van der Waals surface area contributed by atoms with Gasteiger partial charge in [0, 0.05) is 13.6 Å². The number of hydrogen-bond acceptors (Lipinski definition) is 0. The molecule has 0 aliphatic rings. The summed E-state index contributed by atoms with van der Waals surface area (Å²) in [5.41, 5.74) is 0.0527. The van der Waals surface area contributed by atoms with Gasteiger partial charge < -0.3 is 0 Å². The molecule has 0 spiro atoms. The Morgan fingerprint density at radius 1 is 1.36 bits per heavy atom. The van der Waals surface area contributed by atoms with Gasteiger partial charge in [-0.1, -0.05) is 12.1 Å². The molecule has 0 bridgehead atoms. The highest BCUT2D eigenvalue weighted by atomic mass is 127. The molecule has 0 aromatic heterocycles. The van der Waals surface area contributed by atoms with E-state index < -0.39 is 6.43 Å². The molecular formula is C7H4BrF2I. The summed E-state index contributed by atoms with van der Waals surface area (Å²) in [7, 11) is 0. The zero-order valence-corrected chi connectivity index (χ0v) is 9.06. The Kier molecular flexibility index (Phi) is 3.24. The zero-order chi connectivity index (χ0) is 8.43. The van der Waals surface area contributed by atoms with Crippen LogP contribution in [0.2, 0.25) is 0 Å². The highest BCUT2D eigenvalue weighted by molar-refractivity contribution is 14.1. The van der Waals surface area contributed by atoms with E-state index in [-0.39, 0.29) is 5.56 Å². The summed E-state index contributed by atoms with van der Waals surface area (Å²) in [5, 5.41) is 0. The molecule has 0 amide bonds. The van der Waals surface area contributed by atoms with E-state index in [1.807, 2.05) is 22.6 Å². The second-order valence-electron chi connectivity index (χ2n) is 1.94. The molecule has 0 fully saturated rings. The monoisotopic (exact) mass is 332 g/mol. The van der Waals surface area contributed by atoms with Gasteiger partial charge in [0.25, 0.3) is 6.43 Å². The molecule has 0 atom stereocenters. The molecule has 0 heterocycles. The van der Waals surface area contributed by atoms with Crippen LogP contribution in [0.5, 0.6) is 0 Å². The first-order valence-corrected chi connectivity index (χ1v) is 4.72. The number of hydrogen-bond donors (Lipinski definition) is 0. The SMILES string of the molecule is FC(F)c1cccc(I)c1Br. The lowest BCUT2D eigenvalue weighted by molar-refractivity contribution is 0.150. The Morgan fingerprint density at radius 2 is 2.00 bits per heavy atom. The molecule has 0 aliphatic carbocycles. The van der Waals surface area contributed by atoms with Gasteiger partial charge in [-0.3, -0.25) is 0 Å². The third-order valence-corrected chi connectivity index (χ3v) is 3.74. The standard InChI is InChI=1S/C7H4BrF2I/c8-6-4(7(9)10)2-1-3-5(6)11/h1-3,7H. The molecular weight excluding hydrogens is 329 g/mol. The molecule has 60 valence electrons. The summed E-state index contributed by atoms with van der Waals surface area (Å²) in [6, 6.07) is 4.81. The van der Waals surface area contributed by atoms with Gasteiger partial charge in [0.2, 0.25) is 0 Å². The fourth-order valence-electron chi connectivity index (χ4n) is 0.689. The number of alkyl halides is 2.